The monoisotopic (exact) mass is 174 g/mol. The highest BCUT2D eigenvalue weighted by molar-refractivity contribution is 5.75. The van der Waals surface area contributed by atoms with Gasteiger partial charge in [0.15, 0.2) is 5.96 Å². The van der Waals surface area contributed by atoms with Crippen LogP contribution in [-0.4, -0.2) is 29.6 Å². The molecule has 0 saturated carbocycles. The Balaban J connectivity index is 3.53. The van der Waals surface area contributed by atoms with Crippen molar-refractivity contribution in [2.45, 2.75) is 18.9 Å². The molecule has 0 aromatic heterocycles. The van der Waals surface area contributed by atoms with Gasteiger partial charge < -0.3 is 22.3 Å². The lowest BCUT2D eigenvalue weighted by Gasteiger charge is -2.05. The fourth-order valence-corrected chi connectivity index (χ4v) is 0.623. The van der Waals surface area contributed by atoms with Crippen molar-refractivity contribution in [3.63, 3.8) is 0 Å². The molecule has 0 unspecified atom stereocenters. The zero-order valence-electron chi connectivity index (χ0n) is 6.73. The van der Waals surface area contributed by atoms with Gasteiger partial charge in [0.1, 0.15) is 0 Å². The largest absolute Gasteiger partial charge is 0.481 e. The smallest absolute Gasteiger partial charge is 0.303 e. The second-order valence-corrected chi connectivity index (χ2v) is 2.46. The number of hydrogen-bond acceptors (Lipinski definition) is 3. The molecule has 7 N–H and O–H groups in total. The summed E-state index contributed by atoms with van der Waals surface area (Å²) in [6.45, 7) is 0.273. The molecule has 0 fully saturated rings. The molecule has 0 aromatic rings. The number of carboxylic acid groups (broad SMARTS) is 1. The number of hydrogen-bond donors (Lipinski definition) is 4. The van der Waals surface area contributed by atoms with Gasteiger partial charge >= 0.3 is 5.97 Å². The van der Waals surface area contributed by atoms with Crippen molar-refractivity contribution in [2.24, 2.45) is 22.2 Å². The molecule has 70 valence electrons. The maximum Gasteiger partial charge on any atom is 0.303 e. The van der Waals surface area contributed by atoms with Crippen molar-refractivity contribution in [1.29, 1.82) is 0 Å². The van der Waals surface area contributed by atoms with Gasteiger partial charge in [-0.3, -0.25) is 9.79 Å². The van der Waals surface area contributed by atoms with E-state index in [1.807, 2.05) is 0 Å². The van der Waals surface area contributed by atoms with Crippen molar-refractivity contribution in [3.8, 4) is 0 Å². The number of carbonyl (C=O) groups is 1. The SMILES string of the molecule is NC(N)=NC[C@@H](N)CCC(=O)O. The van der Waals surface area contributed by atoms with Crippen LogP contribution in [0.25, 0.3) is 0 Å². The van der Waals surface area contributed by atoms with Crippen LogP contribution in [0.1, 0.15) is 12.8 Å². The molecule has 0 bridgehead atoms. The number of nitrogens with zero attached hydrogens (tertiary/aromatic N) is 1. The van der Waals surface area contributed by atoms with Crippen molar-refractivity contribution >= 4 is 11.9 Å². The molecule has 6 nitrogen and oxygen atoms in total. The molecule has 0 aliphatic rings. The molecular formula is C6H14N4O2. The Labute approximate surface area is 70.4 Å². The number of aliphatic carboxylic acids is 1. The van der Waals surface area contributed by atoms with E-state index in [1.165, 1.54) is 0 Å². The minimum absolute atomic E-state index is 0.0271. The standard InChI is InChI=1S/C6H14N4O2/c7-4(1-2-5(11)12)3-10-6(8)9/h4H,1-3,7H2,(H,11,12)(H4,8,9,10)/t4-/m0/s1. The van der Waals surface area contributed by atoms with Crippen LogP contribution in [0.3, 0.4) is 0 Å². The van der Waals surface area contributed by atoms with E-state index in [1.54, 1.807) is 0 Å². The highest BCUT2D eigenvalue weighted by Gasteiger charge is 2.04. The number of carboxylic acids is 1. The first kappa shape index (κ1) is 10.7. The molecule has 0 aromatic carbocycles. The molecule has 0 heterocycles. The minimum Gasteiger partial charge on any atom is -0.481 e. The zero-order valence-corrected chi connectivity index (χ0v) is 6.73. The molecule has 0 spiro atoms. The Morgan fingerprint density at radius 3 is 2.50 bits per heavy atom. The van der Waals surface area contributed by atoms with Crippen LogP contribution < -0.4 is 17.2 Å². The molecule has 0 radical (unpaired) electrons. The van der Waals surface area contributed by atoms with E-state index in [0.717, 1.165) is 0 Å². The predicted octanol–water partition coefficient (Wildman–Crippen LogP) is -1.55. The van der Waals surface area contributed by atoms with Crippen molar-refractivity contribution in [3.05, 3.63) is 0 Å². The van der Waals surface area contributed by atoms with Crippen LogP contribution in [0.2, 0.25) is 0 Å². The third kappa shape index (κ3) is 6.81. The van der Waals surface area contributed by atoms with E-state index in [0.29, 0.717) is 6.42 Å². The Morgan fingerprint density at radius 2 is 2.08 bits per heavy atom. The van der Waals surface area contributed by atoms with Gasteiger partial charge in [-0.15, -0.1) is 0 Å². The van der Waals surface area contributed by atoms with Crippen LogP contribution in [0, 0.1) is 0 Å². The van der Waals surface area contributed by atoms with E-state index >= 15 is 0 Å². The van der Waals surface area contributed by atoms with Gasteiger partial charge in [-0.25, -0.2) is 0 Å². The van der Waals surface area contributed by atoms with Gasteiger partial charge in [-0.1, -0.05) is 0 Å². The Hall–Kier alpha value is -1.30. The van der Waals surface area contributed by atoms with Gasteiger partial charge in [0, 0.05) is 12.5 Å². The maximum atomic E-state index is 10.1. The lowest BCUT2D eigenvalue weighted by Crippen LogP contribution is -2.29. The Bertz CT molecular complexity index is 176. The normalized spacial score (nSPS) is 12.1. The zero-order chi connectivity index (χ0) is 9.56. The third-order valence-electron chi connectivity index (χ3n) is 1.24. The molecule has 12 heavy (non-hydrogen) atoms. The molecule has 1 atom stereocenters. The van der Waals surface area contributed by atoms with Crippen LogP contribution in [-0.2, 0) is 4.79 Å². The number of guanidine groups is 1. The summed E-state index contributed by atoms with van der Waals surface area (Å²) in [5, 5.41) is 8.30. The Morgan fingerprint density at radius 1 is 1.50 bits per heavy atom. The van der Waals surface area contributed by atoms with Gasteiger partial charge in [0.2, 0.25) is 0 Å². The topological polar surface area (TPSA) is 128 Å². The van der Waals surface area contributed by atoms with E-state index in [4.69, 9.17) is 22.3 Å². The fraction of sp³-hybridized carbons (Fsp3) is 0.667. The summed E-state index contributed by atoms with van der Waals surface area (Å²) in [4.78, 5) is 13.8. The first-order valence-electron chi connectivity index (χ1n) is 3.55. The highest BCUT2D eigenvalue weighted by Crippen LogP contribution is 1.94. The van der Waals surface area contributed by atoms with E-state index in [2.05, 4.69) is 4.99 Å². The van der Waals surface area contributed by atoms with Gasteiger partial charge in [0.25, 0.3) is 0 Å². The van der Waals surface area contributed by atoms with Gasteiger partial charge in [0.05, 0.1) is 6.54 Å². The minimum atomic E-state index is -0.866. The highest BCUT2D eigenvalue weighted by atomic mass is 16.4. The molecule has 0 saturated heterocycles. The summed E-state index contributed by atoms with van der Waals surface area (Å²) in [5.74, 6) is -0.893. The summed E-state index contributed by atoms with van der Waals surface area (Å²) in [5.41, 5.74) is 15.6. The predicted molar refractivity (Wildman–Crippen MR) is 45.5 cm³/mol. The van der Waals surface area contributed by atoms with Crippen LogP contribution in [0.5, 0.6) is 0 Å². The van der Waals surface area contributed by atoms with E-state index in [-0.39, 0.29) is 25.0 Å². The second-order valence-electron chi connectivity index (χ2n) is 2.46. The number of rotatable bonds is 5. The summed E-state index contributed by atoms with van der Waals surface area (Å²) in [6.07, 6.45) is 0.424. The average molecular weight is 174 g/mol. The van der Waals surface area contributed by atoms with Gasteiger partial charge in [-0.05, 0) is 6.42 Å². The first-order valence-corrected chi connectivity index (χ1v) is 3.55. The summed E-state index contributed by atoms with van der Waals surface area (Å²) in [6, 6.07) is -0.289. The summed E-state index contributed by atoms with van der Waals surface area (Å²) >= 11 is 0. The second kappa shape index (κ2) is 5.36. The fourth-order valence-electron chi connectivity index (χ4n) is 0.623. The van der Waals surface area contributed by atoms with Crippen molar-refractivity contribution < 1.29 is 9.90 Å². The summed E-state index contributed by atoms with van der Waals surface area (Å²) < 4.78 is 0. The lowest BCUT2D eigenvalue weighted by atomic mass is 10.2. The van der Waals surface area contributed by atoms with Crippen LogP contribution in [0.15, 0.2) is 4.99 Å². The van der Waals surface area contributed by atoms with Gasteiger partial charge in [-0.2, -0.15) is 0 Å². The average Bonchev–Trinajstić information content (AvgIpc) is 1.96. The van der Waals surface area contributed by atoms with Crippen LogP contribution in [0.4, 0.5) is 0 Å². The third-order valence-corrected chi connectivity index (χ3v) is 1.24. The Kier molecular flexibility index (Phi) is 4.78. The quantitative estimate of drug-likeness (QED) is 0.296. The van der Waals surface area contributed by atoms with E-state index in [9.17, 15) is 4.79 Å². The molecule has 0 amide bonds. The van der Waals surface area contributed by atoms with Crippen molar-refractivity contribution in [2.75, 3.05) is 6.54 Å². The maximum absolute atomic E-state index is 10.1. The molecular weight excluding hydrogens is 160 g/mol. The van der Waals surface area contributed by atoms with Crippen molar-refractivity contribution in [1.82, 2.24) is 0 Å². The molecule has 0 aliphatic carbocycles. The summed E-state index contributed by atoms with van der Waals surface area (Å²) in [7, 11) is 0. The lowest BCUT2D eigenvalue weighted by molar-refractivity contribution is -0.137. The molecule has 0 rings (SSSR count). The first-order chi connectivity index (χ1) is 5.52. The van der Waals surface area contributed by atoms with Crippen LogP contribution >= 0.6 is 0 Å². The molecule has 6 heteroatoms. The molecule has 0 aliphatic heterocycles. The number of nitrogens with two attached hydrogens (primary N) is 3. The number of aliphatic imine (C=N–C) groups is 1. The van der Waals surface area contributed by atoms with E-state index < -0.39 is 5.97 Å².